The van der Waals surface area contributed by atoms with Crippen molar-refractivity contribution in [2.75, 3.05) is 13.2 Å². The van der Waals surface area contributed by atoms with Crippen molar-refractivity contribution in [2.45, 2.75) is 251 Å². The zero-order chi connectivity index (χ0) is 40.7. The molecule has 0 saturated heterocycles. The van der Waals surface area contributed by atoms with E-state index in [1.165, 1.54) is 154 Å². The van der Waals surface area contributed by atoms with Crippen molar-refractivity contribution >= 4 is 11.9 Å². The van der Waals surface area contributed by atoms with Gasteiger partial charge in [-0.1, -0.05) is 229 Å². The Kier molecular flexibility index (Phi) is 45.4. The number of esters is 2. The van der Waals surface area contributed by atoms with E-state index >= 15 is 0 Å². The van der Waals surface area contributed by atoms with Crippen LogP contribution in [-0.2, 0) is 19.1 Å². The number of allylic oxidation sites excluding steroid dienone is 8. The minimum Gasteiger partial charge on any atom is -0.462 e. The first-order valence-corrected chi connectivity index (χ1v) is 24.2. The molecule has 0 bridgehead atoms. The third kappa shape index (κ3) is 44.6. The van der Waals surface area contributed by atoms with Gasteiger partial charge in [0.1, 0.15) is 6.61 Å². The molecule has 0 fully saturated rings. The molecule has 1 atom stereocenters. The van der Waals surface area contributed by atoms with E-state index in [1.807, 2.05) is 0 Å². The highest BCUT2D eigenvalue weighted by atomic mass is 16.6. The second-order valence-electron chi connectivity index (χ2n) is 16.2. The Labute approximate surface area is 348 Å². The fraction of sp³-hybridized carbons (Fsp3) is 0.804. The van der Waals surface area contributed by atoms with E-state index in [-0.39, 0.29) is 25.2 Å². The van der Waals surface area contributed by atoms with E-state index in [2.05, 4.69) is 62.5 Å². The molecule has 0 aliphatic carbocycles. The molecule has 0 aromatic heterocycles. The number of hydrogen-bond donors (Lipinski definition) is 1. The van der Waals surface area contributed by atoms with Gasteiger partial charge in [-0.05, 0) is 51.4 Å². The molecule has 0 aromatic carbocycles. The van der Waals surface area contributed by atoms with Crippen LogP contribution in [0.25, 0.3) is 0 Å². The maximum Gasteiger partial charge on any atom is 0.306 e. The summed E-state index contributed by atoms with van der Waals surface area (Å²) in [5.41, 5.74) is 0. The lowest BCUT2D eigenvalue weighted by Crippen LogP contribution is -2.28. The predicted molar refractivity (Wildman–Crippen MR) is 242 cm³/mol. The van der Waals surface area contributed by atoms with E-state index in [4.69, 9.17) is 9.47 Å². The van der Waals surface area contributed by atoms with E-state index in [0.29, 0.717) is 12.8 Å². The summed E-state index contributed by atoms with van der Waals surface area (Å²) >= 11 is 0. The first-order valence-electron chi connectivity index (χ1n) is 24.2. The van der Waals surface area contributed by atoms with Gasteiger partial charge in [-0.25, -0.2) is 0 Å². The summed E-state index contributed by atoms with van der Waals surface area (Å²) in [6.07, 6.45) is 60.7. The van der Waals surface area contributed by atoms with E-state index in [1.54, 1.807) is 0 Å². The van der Waals surface area contributed by atoms with Crippen LogP contribution < -0.4 is 0 Å². The average molecular weight is 785 g/mol. The lowest BCUT2D eigenvalue weighted by molar-refractivity contribution is -0.161. The van der Waals surface area contributed by atoms with Crippen molar-refractivity contribution in [1.82, 2.24) is 0 Å². The standard InChI is InChI=1S/C51H92O5/c1-3-5-7-9-11-13-15-17-19-20-21-22-23-24-25-26-27-28-29-30-32-33-35-37-39-41-43-45-50(53)55-48-49(47-52)56-51(54)46-44-42-40-38-36-34-31-18-16-14-12-10-8-6-4-2/h6,8,12,14,18,31,36,38,49,52H,3-5,7,9-11,13,15-17,19-30,32-35,37,39-48H2,1-2H3/b8-6-,14-12-,31-18-,38-36-. The van der Waals surface area contributed by atoms with Crippen LogP contribution in [0.3, 0.4) is 0 Å². The topological polar surface area (TPSA) is 72.8 Å². The Balaban J connectivity index is 3.47. The second-order valence-corrected chi connectivity index (χ2v) is 16.2. The molecule has 5 heteroatoms. The van der Waals surface area contributed by atoms with Gasteiger partial charge in [0.05, 0.1) is 6.61 Å². The molecule has 0 heterocycles. The summed E-state index contributed by atoms with van der Waals surface area (Å²) in [5.74, 6) is -0.632. The first kappa shape index (κ1) is 53.9. The summed E-state index contributed by atoms with van der Waals surface area (Å²) in [5, 5.41) is 9.58. The summed E-state index contributed by atoms with van der Waals surface area (Å²) in [6, 6.07) is 0. The van der Waals surface area contributed by atoms with E-state index in [0.717, 1.165) is 64.2 Å². The number of aliphatic hydroxyl groups excluding tert-OH is 1. The maximum absolute atomic E-state index is 12.2. The van der Waals surface area contributed by atoms with E-state index < -0.39 is 6.10 Å². The molecule has 0 rings (SSSR count). The van der Waals surface area contributed by atoms with Gasteiger partial charge in [0.25, 0.3) is 0 Å². The van der Waals surface area contributed by atoms with Gasteiger partial charge in [-0.15, -0.1) is 0 Å². The quantitative estimate of drug-likeness (QED) is 0.0378. The summed E-state index contributed by atoms with van der Waals surface area (Å²) in [7, 11) is 0. The molecule has 0 spiro atoms. The van der Waals surface area contributed by atoms with Crippen LogP contribution in [0.1, 0.15) is 245 Å². The Morgan fingerprint density at radius 3 is 1.16 bits per heavy atom. The Bertz CT molecular complexity index is 935. The smallest absolute Gasteiger partial charge is 0.306 e. The molecular weight excluding hydrogens is 693 g/mol. The summed E-state index contributed by atoms with van der Waals surface area (Å²) in [6.45, 7) is 4.01. The highest BCUT2D eigenvalue weighted by Crippen LogP contribution is 2.16. The lowest BCUT2D eigenvalue weighted by Gasteiger charge is -2.15. The van der Waals surface area contributed by atoms with Gasteiger partial charge in [0, 0.05) is 12.8 Å². The minimum absolute atomic E-state index is 0.0808. The first-order chi connectivity index (χ1) is 27.6. The fourth-order valence-corrected chi connectivity index (χ4v) is 7.02. The molecule has 56 heavy (non-hydrogen) atoms. The lowest BCUT2D eigenvalue weighted by atomic mass is 10.0. The average Bonchev–Trinajstić information content (AvgIpc) is 3.20. The number of rotatable bonds is 44. The van der Waals surface area contributed by atoms with Crippen LogP contribution in [-0.4, -0.2) is 36.4 Å². The van der Waals surface area contributed by atoms with Crippen molar-refractivity contribution in [3.63, 3.8) is 0 Å². The molecule has 0 radical (unpaired) electrons. The van der Waals surface area contributed by atoms with Gasteiger partial charge in [0.2, 0.25) is 0 Å². The number of hydrogen-bond acceptors (Lipinski definition) is 5. The number of ether oxygens (including phenoxy) is 2. The van der Waals surface area contributed by atoms with Gasteiger partial charge in [-0.2, -0.15) is 0 Å². The third-order valence-electron chi connectivity index (χ3n) is 10.6. The molecule has 326 valence electrons. The maximum atomic E-state index is 12.2. The minimum atomic E-state index is -0.792. The van der Waals surface area contributed by atoms with Gasteiger partial charge >= 0.3 is 11.9 Å². The van der Waals surface area contributed by atoms with Crippen molar-refractivity contribution in [3.8, 4) is 0 Å². The van der Waals surface area contributed by atoms with Crippen LogP contribution in [0.2, 0.25) is 0 Å². The molecule has 1 unspecified atom stereocenters. The van der Waals surface area contributed by atoms with E-state index in [9.17, 15) is 14.7 Å². The number of aliphatic hydroxyl groups is 1. The van der Waals surface area contributed by atoms with Crippen molar-refractivity contribution in [2.24, 2.45) is 0 Å². The Morgan fingerprint density at radius 1 is 0.429 bits per heavy atom. The number of unbranched alkanes of at least 4 members (excludes halogenated alkanes) is 28. The Morgan fingerprint density at radius 2 is 0.768 bits per heavy atom. The monoisotopic (exact) mass is 785 g/mol. The highest BCUT2D eigenvalue weighted by molar-refractivity contribution is 5.70. The summed E-state index contributed by atoms with van der Waals surface area (Å²) in [4.78, 5) is 24.3. The second kappa shape index (κ2) is 47.2. The molecule has 0 aliphatic heterocycles. The van der Waals surface area contributed by atoms with Crippen LogP contribution >= 0.6 is 0 Å². The molecular formula is C51H92O5. The highest BCUT2D eigenvalue weighted by Gasteiger charge is 2.16. The zero-order valence-electron chi connectivity index (χ0n) is 37.1. The van der Waals surface area contributed by atoms with Crippen molar-refractivity contribution in [3.05, 3.63) is 48.6 Å². The van der Waals surface area contributed by atoms with Crippen LogP contribution in [0, 0.1) is 0 Å². The normalized spacial score (nSPS) is 12.6. The van der Waals surface area contributed by atoms with Crippen LogP contribution in [0.4, 0.5) is 0 Å². The number of carbonyl (C=O) groups is 2. The predicted octanol–water partition coefficient (Wildman–Crippen LogP) is 15.7. The Hall–Kier alpha value is -2.14. The van der Waals surface area contributed by atoms with Gasteiger partial charge < -0.3 is 14.6 Å². The van der Waals surface area contributed by atoms with Crippen LogP contribution in [0.15, 0.2) is 48.6 Å². The zero-order valence-corrected chi connectivity index (χ0v) is 37.1. The van der Waals surface area contributed by atoms with Gasteiger partial charge in [0.15, 0.2) is 6.10 Å². The number of carbonyl (C=O) groups excluding carboxylic acids is 2. The molecule has 0 saturated carbocycles. The molecule has 0 amide bonds. The molecule has 1 N–H and O–H groups in total. The molecule has 0 aromatic rings. The van der Waals surface area contributed by atoms with Gasteiger partial charge in [-0.3, -0.25) is 9.59 Å². The molecule has 0 aliphatic rings. The summed E-state index contributed by atoms with van der Waals surface area (Å²) < 4.78 is 10.6. The SMILES string of the molecule is CC/C=C\C/C=C\C/C=C\C/C=C\CCCCC(=O)OC(CO)COC(=O)CCCCCCCCCCCCCCCCCCCCCCCCCCCCC. The van der Waals surface area contributed by atoms with Crippen LogP contribution in [0.5, 0.6) is 0 Å². The van der Waals surface area contributed by atoms with Crippen molar-refractivity contribution in [1.29, 1.82) is 0 Å². The third-order valence-corrected chi connectivity index (χ3v) is 10.6. The fourth-order valence-electron chi connectivity index (χ4n) is 7.02. The van der Waals surface area contributed by atoms with Crippen molar-refractivity contribution < 1.29 is 24.2 Å². The largest absolute Gasteiger partial charge is 0.462 e. The molecule has 5 nitrogen and oxygen atoms in total.